The highest BCUT2D eigenvalue weighted by Gasteiger charge is 2.42. The summed E-state index contributed by atoms with van der Waals surface area (Å²) in [5.74, 6) is -1.36. The first-order valence-electron chi connectivity index (χ1n) is 4.65. The van der Waals surface area contributed by atoms with E-state index in [0.29, 0.717) is 11.3 Å². The minimum Gasteiger partial charge on any atom is -0.223 e. The molecule has 0 radical (unpaired) electrons. The van der Waals surface area contributed by atoms with Crippen LogP contribution in [0.4, 0.5) is 13.2 Å². The predicted octanol–water partition coefficient (Wildman–Crippen LogP) is 3.45. The number of alkyl halides is 3. The van der Waals surface area contributed by atoms with Gasteiger partial charge < -0.3 is 0 Å². The van der Waals surface area contributed by atoms with Crippen molar-refractivity contribution in [2.24, 2.45) is 5.92 Å². The van der Waals surface area contributed by atoms with Crippen molar-refractivity contribution in [1.82, 2.24) is 9.97 Å². The van der Waals surface area contributed by atoms with Crippen LogP contribution in [-0.2, 0) is 12.8 Å². The van der Waals surface area contributed by atoms with Crippen molar-refractivity contribution in [3.63, 3.8) is 0 Å². The molecule has 7 heteroatoms. The molecule has 1 aromatic rings. The Labute approximate surface area is 99.8 Å². The van der Waals surface area contributed by atoms with Gasteiger partial charge in [0.2, 0.25) is 5.28 Å². The van der Waals surface area contributed by atoms with E-state index in [-0.39, 0.29) is 29.7 Å². The van der Waals surface area contributed by atoms with Gasteiger partial charge >= 0.3 is 6.18 Å². The molecule has 2 rings (SSSR count). The van der Waals surface area contributed by atoms with E-state index >= 15 is 0 Å². The van der Waals surface area contributed by atoms with Crippen molar-refractivity contribution in [3.05, 3.63) is 21.7 Å². The normalized spacial score (nSPS) is 20.7. The Morgan fingerprint density at radius 1 is 1.19 bits per heavy atom. The first-order valence-corrected chi connectivity index (χ1v) is 5.41. The first kappa shape index (κ1) is 11.9. The van der Waals surface area contributed by atoms with E-state index in [9.17, 15) is 13.2 Å². The fraction of sp³-hybridized carbons (Fsp3) is 0.556. The lowest BCUT2D eigenvalue weighted by molar-refractivity contribution is -0.177. The Balaban J connectivity index is 2.34. The van der Waals surface area contributed by atoms with Gasteiger partial charge in [0.05, 0.1) is 11.6 Å². The standard InChI is InChI=1S/C9H7Cl2F3N2/c10-7-5-3-4(9(12,13)14)1-2-6(5)15-8(11)16-7/h4H,1-3H2. The summed E-state index contributed by atoms with van der Waals surface area (Å²) in [5, 5.41) is 0.0122. The van der Waals surface area contributed by atoms with Crippen molar-refractivity contribution < 1.29 is 13.2 Å². The van der Waals surface area contributed by atoms with Crippen LogP contribution in [0.2, 0.25) is 10.4 Å². The Morgan fingerprint density at radius 2 is 1.88 bits per heavy atom. The largest absolute Gasteiger partial charge is 0.392 e. The van der Waals surface area contributed by atoms with E-state index in [1.807, 2.05) is 0 Å². The molecule has 0 N–H and O–H groups in total. The Hall–Kier alpha value is -0.550. The zero-order chi connectivity index (χ0) is 11.9. The smallest absolute Gasteiger partial charge is 0.223 e. The van der Waals surface area contributed by atoms with E-state index in [1.165, 1.54) is 0 Å². The van der Waals surface area contributed by atoms with Gasteiger partial charge in [0, 0.05) is 5.56 Å². The van der Waals surface area contributed by atoms with Gasteiger partial charge in [-0.3, -0.25) is 0 Å². The van der Waals surface area contributed by atoms with Gasteiger partial charge in [-0.05, 0) is 30.9 Å². The van der Waals surface area contributed by atoms with Crippen LogP contribution in [0.1, 0.15) is 17.7 Å². The summed E-state index contributed by atoms with van der Waals surface area (Å²) in [6, 6.07) is 0. The van der Waals surface area contributed by atoms with Crippen molar-refractivity contribution in [2.75, 3.05) is 0 Å². The lowest BCUT2D eigenvalue weighted by Gasteiger charge is -2.26. The van der Waals surface area contributed by atoms with Crippen molar-refractivity contribution in [3.8, 4) is 0 Å². The molecule has 0 amide bonds. The third kappa shape index (κ3) is 2.25. The number of aromatic nitrogens is 2. The van der Waals surface area contributed by atoms with Gasteiger partial charge in [0.25, 0.3) is 0 Å². The molecule has 16 heavy (non-hydrogen) atoms. The molecular weight excluding hydrogens is 264 g/mol. The lowest BCUT2D eigenvalue weighted by atomic mass is 9.87. The quantitative estimate of drug-likeness (QED) is 0.533. The minimum absolute atomic E-state index is 0.0193. The SMILES string of the molecule is FC(F)(F)C1CCc2nc(Cl)nc(Cl)c2C1. The van der Waals surface area contributed by atoms with Crippen molar-refractivity contribution in [1.29, 1.82) is 0 Å². The molecular formula is C9H7Cl2F3N2. The summed E-state index contributed by atoms with van der Waals surface area (Å²) in [6.45, 7) is 0. The highest BCUT2D eigenvalue weighted by atomic mass is 35.5. The minimum atomic E-state index is -4.19. The van der Waals surface area contributed by atoms with Crippen LogP contribution in [0, 0.1) is 5.92 Å². The molecule has 0 saturated carbocycles. The molecule has 1 atom stereocenters. The third-order valence-electron chi connectivity index (χ3n) is 2.66. The van der Waals surface area contributed by atoms with E-state index in [0.717, 1.165) is 0 Å². The highest BCUT2D eigenvalue weighted by molar-refractivity contribution is 6.32. The number of hydrogen-bond acceptors (Lipinski definition) is 2. The second-order valence-corrected chi connectivity index (χ2v) is 4.39. The Kier molecular flexibility index (Phi) is 3.01. The number of rotatable bonds is 0. The molecule has 0 bridgehead atoms. The molecule has 1 aliphatic rings. The fourth-order valence-corrected chi connectivity index (χ4v) is 2.32. The molecule has 1 aromatic heterocycles. The summed E-state index contributed by atoms with van der Waals surface area (Å²) in [6.07, 6.45) is -4.09. The summed E-state index contributed by atoms with van der Waals surface area (Å²) < 4.78 is 37.6. The molecule has 88 valence electrons. The zero-order valence-electron chi connectivity index (χ0n) is 7.98. The maximum Gasteiger partial charge on any atom is 0.392 e. The molecule has 2 nitrogen and oxygen atoms in total. The fourth-order valence-electron chi connectivity index (χ4n) is 1.82. The van der Waals surface area contributed by atoms with Gasteiger partial charge in [0.15, 0.2) is 0 Å². The number of hydrogen-bond donors (Lipinski definition) is 0. The van der Waals surface area contributed by atoms with Crippen LogP contribution in [0.3, 0.4) is 0 Å². The van der Waals surface area contributed by atoms with E-state index in [1.54, 1.807) is 0 Å². The summed E-state index contributed by atoms with van der Waals surface area (Å²) >= 11 is 11.3. The summed E-state index contributed by atoms with van der Waals surface area (Å²) in [5.41, 5.74) is 0.908. The molecule has 0 spiro atoms. The first-order chi connectivity index (χ1) is 7.38. The topological polar surface area (TPSA) is 25.8 Å². The predicted molar refractivity (Wildman–Crippen MR) is 53.6 cm³/mol. The summed E-state index contributed by atoms with van der Waals surface area (Å²) in [7, 11) is 0. The molecule has 1 unspecified atom stereocenters. The number of nitrogens with zero attached hydrogens (tertiary/aromatic N) is 2. The molecule has 0 saturated heterocycles. The summed E-state index contributed by atoms with van der Waals surface area (Å²) in [4.78, 5) is 7.55. The van der Waals surface area contributed by atoms with Gasteiger partial charge in [-0.25, -0.2) is 9.97 Å². The van der Waals surface area contributed by atoms with E-state index in [4.69, 9.17) is 23.2 Å². The van der Waals surface area contributed by atoms with Crippen molar-refractivity contribution >= 4 is 23.2 Å². The van der Waals surface area contributed by atoms with Crippen LogP contribution >= 0.6 is 23.2 Å². The number of fused-ring (bicyclic) bond motifs is 1. The molecule has 1 aliphatic carbocycles. The average Bonchev–Trinajstić information content (AvgIpc) is 2.15. The van der Waals surface area contributed by atoms with Gasteiger partial charge in [-0.1, -0.05) is 11.6 Å². The van der Waals surface area contributed by atoms with Crippen LogP contribution in [0.15, 0.2) is 0 Å². The number of halogens is 5. The molecule has 1 heterocycles. The van der Waals surface area contributed by atoms with Crippen molar-refractivity contribution in [2.45, 2.75) is 25.4 Å². The van der Waals surface area contributed by atoms with Crippen LogP contribution in [0.25, 0.3) is 0 Å². The average molecular weight is 271 g/mol. The van der Waals surface area contributed by atoms with E-state index < -0.39 is 12.1 Å². The molecule has 0 fully saturated rings. The highest BCUT2D eigenvalue weighted by Crippen LogP contribution is 2.38. The zero-order valence-corrected chi connectivity index (χ0v) is 9.49. The van der Waals surface area contributed by atoms with Crippen LogP contribution in [-0.4, -0.2) is 16.1 Å². The second kappa shape index (κ2) is 4.04. The maximum absolute atomic E-state index is 12.5. The Bertz CT molecular complexity index is 420. The lowest BCUT2D eigenvalue weighted by Crippen LogP contribution is -2.29. The van der Waals surface area contributed by atoms with E-state index in [2.05, 4.69) is 9.97 Å². The van der Waals surface area contributed by atoms with Gasteiger partial charge in [-0.15, -0.1) is 0 Å². The van der Waals surface area contributed by atoms with Gasteiger partial charge in [-0.2, -0.15) is 13.2 Å². The van der Waals surface area contributed by atoms with Gasteiger partial charge in [0.1, 0.15) is 5.15 Å². The third-order valence-corrected chi connectivity index (χ3v) is 3.14. The number of aryl methyl sites for hydroxylation is 1. The Morgan fingerprint density at radius 3 is 2.50 bits per heavy atom. The van der Waals surface area contributed by atoms with Crippen LogP contribution in [0.5, 0.6) is 0 Å². The monoisotopic (exact) mass is 270 g/mol. The molecule has 0 aliphatic heterocycles. The molecule has 0 aromatic carbocycles. The second-order valence-electron chi connectivity index (χ2n) is 3.69. The van der Waals surface area contributed by atoms with Crippen LogP contribution < -0.4 is 0 Å². The maximum atomic E-state index is 12.5.